The van der Waals surface area contributed by atoms with Gasteiger partial charge >= 0.3 is 0 Å². The molecule has 0 spiro atoms. The number of carbonyl (C=O) groups excluding carboxylic acids is 1. The highest BCUT2D eigenvalue weighted by atomic mass is 16.3. The van der Waals surface area contributed by atoms with Crippen LogP contribution in [-0.4, -0.2) is 61.0 Å². The maximum Gasteiger partial charge on any atom is 0.289 e. The Bertz CT molecular complexity index is 948. The van der Waals surface area contributed by atoms with Gasteiger partial charge in [-0.3, -0.25) is 4.79 Å². The van der Waals surface area contributed by atoms with Gasteiger partial charge in [0.05, 0.1) is 6.26 Å². The van der Waals surface area contributed by atoms with Crippen LogP contribution in [0.1, 0.15) is 10.6 Å². The minimum Gasteiger partial charge on any atom is -0.459 e. The lowest BCUT2D eigenvalue weighted by Gasteiger charge is -2.35. The van der Waals surface area contributed by atoms with Crippen LogP contribution >= 0.6 is 0 Å². The molecule has 8 nitrogen and oxygen atoms in total. The second-order valence-electron chi connectivity index (χ2n) is 7.06. The summed E-state index contributed by atoms with van der Waals surface area (Å²) < 4.78 is 5.22. The number of benzene rings is 1. The number of aromatic nitrogens is 2. The summed E-state index contributed by atoms with van der Waals surface area (Å²) in [5, 5.41) is 3.25. The lowest BCUT2D eigenvalue weighted by atomic mass is 10.2. The molecule has 29 heavy (non-hydrogen) atoms. The molecule has 1 aromatic carbocycles. The smallest absolute Gasteiger partial charge is 0.289 e. The molecular formula is C21H24N6O2. The molecule has 2 aromatic heterocycles. The topological polar surface area (TPSA) is 77.7 Å². The molecule has 0 saturated carbocycles. The first-order chi connectivity index (χ1) is 14.1. The van der Waals surface area contributed by atoms with Crippen LogP contribution in [0.3, 0.4) is 0 Å². The highest BCUT2D eigenvalue weighted by molar-refractivity contribution is 5.91. The Morgan fingerprint density at radius 3 is 2.48 bits per heavy atom. The van der Waals surface area contributed by atoms with Crippen molar-refractivity contribution in [1.29, 1.82) is 0 Å². The first-order valence-electron chi connectivity index (χ1n) is 9.55. The van der Waals surface area contributed by atoms with Crippen LogP contribution in [0.4, 0.5) is 23.1 Å². The number of hydrogen-bond donors (Lipinski definition) is 1. The molecule has 0 bridgehead atoms. The minimum atomic E-state index is -0.0686. The summed E-state index contributed by atoms with van der Waals surface area (Å²) in [6.45, 7) is 2.66. The van der Waals surface area contributed by atoms with Crippen molar-refractivity contribution >= 4 is 29.0 Å². The van der Waals surface area contributed by atoms with Crippen molar-refractivity contribution in [3.8, 4) is 0 Å². The summed E-state index contributed by atoms with van der Waals surface area (Å²) >= 11 is 0. The van der Waals surface area contributed by atoms with Crippen molar-refractivity contribution < 1.29 is 9.21 Å². The molecule has 1 amide bonds. The molecule has 1 aliphatic heterocycles. The molecule has 8 heteroatoms. The SMILES string of the molecule is CN(C)c1ccc(Nc2nccc(N3CCN(C(=O)c4ccco4)CC3)n2)cc1. The Kier molecular flexibility index (Phi) is 5.33. The number of anilines is 4. The predicted octanol–water partition coefficient (Wildman–Crippen LogP) is 2.84. The number of piperazine rings is 1. The molecule has 1 saturated heterocycles. The predicted molar refractivity (Wildman–Crippen MR) is 113 cm³/mol. The summed E-state index contributed by atoms with van der Waals surface area (Å²) in [6, 6.07) is 13.4. The van der Waals surface area contributed by atoms with Crippen molar-refractivity contribution in [1.82, 2.24) is 14.9 Å². The summed E-state index contributed by atoms with van der Waals surface area (Å²) in [5.74, 6) is 1.71. The van der Waals surface area contributed by atoms with E-state index in [0.717, 1.165) is 17.2 Å². The Hall–Kier alpha value is -3.55. The van der Waals surface area contributed by atoms with Gasteiger partial charge in [0.2, 0.25) is 5.95 Å². The van der Waals surface area contributed by atoms with Gasteiger partial charge in [0.15, 0.2) is 5.76 Å². The number of amides is 1. The van der Waals surface area contributed by atoms with E-state index in [4.69, 9.17) is 4.42 Å². The molecule has 150 valence electrons. The molecule has 3 aromatic rings. The second kappa shape index (κ2) is 8.22. The number of furan rings is 1. The van der Waals surface area contributed by atoms with E-state index in [1.165, 1.54) is 6.26 Å². The van der Waals surface area contributed by atoms with Crippen molar-refractivity contribution in [3.05, 3.63) is 60.7 Å². The van der Waals surface area contributed by atoms with Crippen molar-refractivity contribution in [3.63, 3.8) is 0 Å². The highest BCUT2D eigenvalue weighted by Crippen LogP contribution is 2.20. The lowest BCUT2D eigenvalue weighted by Crippen LogP contribution is -2.49. The third-order valence-corrected chi connectivity index (χ3v) is 4.90. The number of nitrogens with zero attached hydrogens (tertiary/aromatic N) is 5. The summed E-state index contributed by atoms with van der Waals surface area (Å²) in [7, 11) is 4.02. The average molecular weight is 392 g/mol. The molecular weight excluding hydrogens is 368 g/mol. The van der Waals surface area contributed by atoms with E-state index >= 15 is 0 Å². The Morgan fingerprint density at radius 2 is 1.83 bits per heavy atom. The molecule has 1 N–H and O–H groups in total. The van der Waals surface area contributed by atoms with E-state index in [0.29, 0.717) is 37.9 Å². The molecule has 0 radical (unpaired) electrons. The Morgan fingerprint density at radius 1 is 1.07 bits per heavy atom. The highest BCUT2D eigenvalue weighted by Gasteiger charge is 2.24. The molecule has 0 atom stereocenters. The summed E-state index contributed by atoms with van der Waals surface area (Å²) in [4.78, 5) is 27.4. The third-order valence-electron chi connectivity index (χ3n) is 4.90. The van der Waals surface area contributed by atoms with Crippen LogP contribution in [0.25, 0.3) is 0 Å². The van der Waals surface area contributed by atoms with Gasteiger partial charge in [-0.1, -0.05) is 0 Å². The Balaban J connectivity index is 1.38. The summed E-state index contributed by atoms with van der Waals surface area (Å²) in [5.41, 5.74) is 2.06. The van der Waals surface area contributed by atoms with Gasteiger partial charge in [-0.05, 0) is 42.5 Å². The second-order valence-corrected chi connectivity index (χ2v) is 7.06. The zero-order valence-corrected chi connectivity index (χ0v) is 16.6. The minimum absolute atomic E-state index is 0.0686. The maximum atomic E-state index is 12.4. The molecule has 1 fully saturated rings. The monoisotopic (exact) mass is 392 g/mol. The number of carbonyl (C=O) groups is 1. The van der Waals surface area contributed by atoms with Gasteiger partial charge in [0.25, 0.3) is 5.91 Å². The van der Waals surface area contributed by atoms with E-state index < -0.39 is 0 Å². The van der Waals surface area contributed by atoms with Crippen molar-refractivity contribution in [2.24, 2.45) is 0 Å². The molecule has 0 aliphatic carbocycles. The van der Waals surface area contributed by atoms with E-state index in [-0.39, 0.29) is 5.91 Å². The molecule has 0 unspecified atom stereocenters. The van der Waals surface area contributed by atoms with Crippen LogP contribution in [0.5, 0.6) is 0 Å². The van der Waals surface area contributed by atoms with Gasteiger partial charge in [-0.25, -0.2) is 4.98 Å². The quantitative estimate of drug-likeness (QED) is 0.715. The van der Waals surface area contributed by atoms with E-state index in [2.05, 4.69) is 25.1 Å². The van der Waals surface area contributed by atoms with Gasteiger partial charge < -0.3 is 24.4 Å². The number of hydrogen-bond acceptors (Lipinski definition) is 7. The normalized spacial score (nSPS) is 14.0. The van der Waals surface area contributed by atoms with E-state index in [1.807, 2.05) is 49.3 Å². The first kappa shape index (κ1) is 18.8. The van der Waals surface area contributed by atoms with Crippen LogP contribution in [0, 0.1) is 0 Å². The zero-order chi connectivity index (χ0) is 20.2. The van der Waals surface area contributed by atoms with Crippen LogP contribution in [-0.2, 0) is 0 Å². The fraction of sp³-hybridized carbons (Fsp3) is 0.286. The third kappa shape index (κ3) is 4.31. The van der Waals surface area contributed by atoms with Gasteiger partial charge in [-0.2, -0.15) is 4.98 Å². The van der Waals surface area contributed by atoms with Crippen molar-refractivity contribution in [2.45, 2.75) is 0 Å². The van der Waals surface area contributed by atoms with Gasteiger partial charge in [-0.15, -0.1) is 0 Å². The fourth-order valence-electron chi connectivity index (χ4n) is 3.25. The largest absolute Gasteiger partial charge is 0.459 e. The fourth-order valence-corrected chi connectivity index (χ4v) is 3.25. The van der Waals surface area contributed by atoms with E-state index in [1.54, 1.807) is 18.3 Å². The Labute approximate surface area is 169 Å². The van der Waals surface area contributed by atoms with Crippen molar-refractivity contribution in [2.75, 3.05) is 55.4 Å². The molecule has 1 aliphatic rings. The zero-order valence-electron chi connectivity index (χ0n) is 16.6. The van der Waals surface area contributed by atoms with Crippen LogP contribution < -0.4 is 15.1 Å². The van der Waals surface area contributed by atoms with Gasteiger partial charge in [0.1, 0.15) is 5.82 Å². The maximum absolute atomic E-state index is 12.4. The lowest BCUT2D eigenvalue weighted by molar-refractivity contribution is 0.0714. The molecule has 4 rings (SSSR count). The first-order valence-corrected chi connectivity index (χ1v) is 9.55. The standard InChI is InChI=1S/C21H24N6O2/c1-25(2)17-7-5-16(6-8-17)23-21-22-10-9-19(24-21)26-11-13-27(14-12-26)20(28)18-4-3-15-29-18/h3-10,15H,11-14H2,1-2H3,(H,22,23,24). The number of nitrogens with one attached hydrogen (secondary N) is 1. The number of rotatable bonds is 5. The molecule has 3 heterocycles. The van der Waals surface area contributed by atoms with Gasteiger partial charge in [0, 0.05) is 57.8 Å². The van der Waals surface area contributed by atoms with E-state index in [9.17, 15) is 4.79 Å². The average Bonchev–Trinajstić information content (AvgIpc) is 3.29. The van der Waals surface area contributed by atoms with Crippen LogP contribution in [0.15, 0.2) is 59.3 Å². The summed E-state index contributed by atoms with van der Waals surface area (Å²) in [6.07, 6.45) is 3.27. The van der Waals surface area contributed by atoms with Crippen LogP contribution in [0.2, 0.25) is 0 Å².